The molecule has 2 rings (SSSR count). The Bertz CT molecular complexity index is 580. The van der Waals surface area contributed by atoms with Gasteiger partial charge in [-0.1, -0.05) is 0 Å². The molecule has 2 heterocycles. The summed E-state index contributed by atoms with van der Waals surface area (Å²) in [4.78, 5) is 14.0. The zero-order valence-electron chi connectivity index (χ0n) is 12.0. The zero-order valence-corrected chi connectivity index (χ0v) is 13.6. The number of hydrogen-bond acceptors (Lipinski definition) is 4. The lowest BCUT2D eigenvalue weighted by atomic mass is 10.1. The van der Waals surface area contributed by atoms with Crippen molar-refractivity contribution in [2.75, 3.05) is 19.3 Å². The minimum Gasteiger partial charge on any atom is -0.349 e. The number of amides is 1. The van der Waals surface area contributed by atoms with Crippen molar-refractivity contribution >= 4 is 27.3 Å². The van der Waals surface area contributed by atoms with E-state index in [1.54, 1.807) is 0 Å². The van der Waals surface area contributed by atoms with Crippen molar-refractivity contribution in [3.63, 3.8) is 0 Å². The summed E-state index contributed by atoms with van der Waals surface area (Å²) in [6.07, 6.45) is 2.56. The zero-order chi connectivity index (χ0) is 14.9. The van der Waals surface area contributed by atoms with Crippen molar-refractivity contribution in [2.45, 2.75) is 32.7 Å². The Kier molecular flexibility index (Phi) is 4.51. The fraction of sp³-hybridized carbons (Fsp3) is 0.615. The summed E-state index contributed by atoms with van der Waals surface area (Å²) < 4.78 is 24.3. The Morgan fingerprint density at radius 2 is 1.95 bits per heavy atom. The molecule has 5 nitrogen and oxygen atoms in total. The van der Waals surface area contributed by atoms with Crippen molar-refractivity contribution in [3.05, 3.63) is 21.4 Å². The average Bonchev–Trinajstić information content (AvgIpc) is 2.69. The number of piperidine rings is 1. The summed E-state index contributed by atoms with van der Waals surface area (Å²) >= 11 is 1.50. The second-order valence-corrected chi connectivity index (χ2v) is 8.50. The molecule has 1 fully saturated rings. The Morgan fingerprint density at radius 1 is 1.35 bits per heavy atom. The van der Waals surface area contributed by atoms with Crippen LogP contribution in [-0.2, 0) is 10.0 Å². The van der Waals surface area contributed by atoms with Crippen molar-refractivity contribution in [1.82, 2.24) is 9.62 Å². The summed E-state index contributed by atoms with van der Waals surface area (Å²) in [5, 5.41) is 3.00. The van der Waals surface area contributed by atoms with E-state index >= 15 is 0 Å². The summed E-state index contributed by atoms with van der Waals surface area (Å²) in [6.45, 7) is 4.95. The van der Waals surface area contributed by atoms with Gasteiger partial charge in [-0.3, -0.25) is 4.79 Å². The maximum atomic E-state index is 12.1. The number of nitrogens with one attached hydrogen (secondary N) is 1. The molecular weight excluding hydrogens is 296 g/mol. The van der Waals surface area contributed by atoms with E-state index in [-0.39, 0.29) is 11.9 Å². The van der Waals surface area contributed by atoms with Crippen LogP contribution < -0.4 is 5.32 Å². The third-order valence-corrected chi connectivity index (χ3v) is 6.10. The van der Waals surface area contributed by atoms with Crippen LogP contribution in [0.15, 0.2) is 6.07 Å². The van der Waals surface area contributed by atoms with Gasteiger partial charge in [0.25, 0.3) is 5.91 Å². The highest BCUT2D eigenvalue weighted by Crippen LogP contribution is 2.21. The smallest absolute Gasteiger partial charge is 0.261 e. The summed E-state index contributed by atoms with van der Waals surface area (Å²) in [5.41, 5.74) is 1.13. The number of rotatable bonds is 3. The first-order valence-electron chi connectivity index (χ1n) is 6.60. The van der Waals surface area contributed by atoms with Gasteiger partial charge in [0, 0.05) is 24.0 Å². The molecule has 1 aromatic heterocycles. The lowest BCUT2D eigenvalue weighted by molar-refractivity contribution is 0.0928. The average molecular weight is 316 g/mol. The van der Waals surface area contributed by atoms with Crippen LogP contribution >= 0.6 is 11.3 Å². The number of carbonyl (C=O) groups is 1. The third kappa shape index (κ3) is 3.59. The van der Waals surface area contributed by atoms with E-state index in [4.69, 9.17) is 0 Å². The Hall–Kier alpha value is -0.920. The summed E-state index contributed by atoms with van der Waals surface area (Å²) in [6, 6.07) is 1.96. The van der Waals surface area contributed by atoms with Gasteiger partial charge >= 0.3 is 0 Å². The quantitative estimate of drug-likeness (QED) is 0.919. The number of thiophene rings is 1. The molecule has 112 valence electrons. The molecule has 0 unspecified atom stereocenters. The minimum atomic E-state index is -3.11. The largest absolute Gasteiger partial charge is 0.349 e. The van der Waals surface area contributed by atoms with Crippen molar-refractivity contribution in [2.24, 2.45) is 0 Å². The van der Waals surface area contributed by atoms with Crippen LogP contribution in [0.3, 0.4) is 0 Å². The molecule has 0 aliphatic carbocycles. The molecule has 1 amide bonds. The van der Waals surface area contributed by atoms with Gasteiger partial charge in [-0.05, 0) is 38.3 Å². The molecule has 0 spiro atoms. The fourth-order valence-corrected chi connectivity index (χ4v) is 4.08. The van der Waals surface area contributed by atoms with Crippen LogP contribution in [0.1, 0.15) is 33.0 Å². The molecule has 1 aliphatic heterocycles. The molecule has 1 saturated heterocycles. The predicted molar refractivity (Wildman–Crippen MR) is 80.7 cm³/mol. The second kappa shape index (κ2) is 5.83. The number of carbonyl (C=O) groups excluding carboxylic acids is 1. The molecule has 1 aliphatic rings. The minimum absolute atomic E-state index is 0.0518. The van der Waals surface area contributed by atoms with Crippen molar-refractivity contribution in [3.8, 4) is 0 Å². The molecule has 1 aromatic rings. The molecule has 7 heteroatoms. The van der Waals surface area contributed by atoms with E-state index in [0.717, 1.165) is 15.3 Å². The molecule has 20 heavy (non-hydrogen) atoms. The van der Waals surface area contributed by atoms with Crippen LogP contribution in [-0.4, -0.2) is 44.0 Å². The Balaban J connectivity index is 1.91. The molecule has 1 N–H and O–H groups in total. The predicted octanol–water partition coefficient (Wildman–Crippen LogP) is 1.52. The first-order valence-corrected chi connectivity index (χ1v) is 9.27. The SMILES string of the molecule is Cc1cc(C(=O)NC2CCN(S(C)(=O)=O)CC2)sc1C. The summed E-state index contributed by atoms with van der Waals surface area (Å²) in [5.74, 6) is -0.0518. The van der Waals surface area contributed by atoms with E-state index in [2.05, 4.69) is 5.32 Å². The van der Waals surface area contributed by atoms with E-state index in [1.165, 1.54) is 21.9 Å². The summed E-state index contributed by atoms with van der Waals surface area (Å²) in [7, 11) is -3.11. The topological polar surface area (TPSA) is 66.5 Å². The molecular formula is C13H20N2O3S2. The lowest BCUT2D eigenvalue weighted by Gasteiger charge is -2.30. The van der Waals surface area contributed by atoms with Gasteiger partial charge in [-0.2, -0.15) is 0 Å². The highest BCUT2D eigenvalue weighted by Gasteiger charge is 2.26. The van der Waals surface area contributed by atoms with Gasteiger partial charge in [-0.15, -0.1) is 11.3 Å². The highest BCUT2D eigenvalue weighted by atomic mass is 32.2. The van der Waals surface area contributed by atoms with Crippen LogP contribution in [0.2, 0.25) is 0 Å². The van der Waals surface area contributed by atoms with Crippen LogP contribution in [0.4, 0.5) is 0 Å². The van der Waals surface area contributed by atoms with Gasteiger partial charge in [0.05, 0.1) is 11.1 Å². The van der Waals surface area contributed by atoms with Gasteiger partial charge in [0.1, 0.15) is 0 Å². The molecule has 0 bridgehead atoms. The van der Waals surface area contributed by atoms with Crippen molar-refractivity contribution < 1.29 is 13.2 Å². The van der Waals surface area contributed by atoms with Gasteiger partial charge in [0.2, 0.25) is 10.0 Å². The second-order valence-electron chi connectivity index (χ2n) is 5.26. The highest BCUT2D eigenvalue weighted by molar-refractivity contribution is 7.88. The lowest BCUT2D eigenvalue weighted by Crippen LogP contribution is -2.46. The van der Waals surface area contributed by atoms with Gasteiger partial charge < -0.3 is 5.32 Å². The normalized spacial score (nSPS) is 18.1. The van der Waals surface area contributed by atoms with E-state index in [1.807, 2.05) is 19.9 Å². The van der Waals surface area contributed by atoms with E-state index in [0.29, 0.717) is 25.9 Å². The van der Waals surface area contributed by atoms with Crippen LogP contribution in [0.5, 0.6) is 0 Å². The third-order valence-electron chi connectivity index (χ3n) is 3.65. The number of aryl methyl sites for hydroxylation is 2. The number of sulfonamides is 1. The number of nitrogens with zero attached hydrogens (tertiary/aromatic N) is 1. The Morgan fingerprint density at radius 3 is 2.40 bits per heavy atom. The van der Waals surface area contributed by atoms with Crippen LogP contribution in [0, 0.1) is 13.8 Å². The first-order chi connectivity index (χ1) is 9.27. The van der Waals surface area contributed by atoms with E-state index < -0.39 is 10.0 Å². The first kappa shape index (κ1) is 15.5. The molecule has 0 aromatic carbocycles. The van der Waals surface area contributed by atoms with Gasteiger partial charge in [0.15, 0.2) is 0 Å². The van der Waals surface area contributed by atoms with Crippen molar-refractivity contribution in [1.29, 1.82) is 0 Å². The fourth-order valence-electron chi connectivity index (χ4n) is 2.27. The Labute approximate surface area is 124 Å². The molecule has 0 atom stereocenters. The standard InChI is InChI=1S/C13H20N2O3S2/c1-9-8-12(19-10(9)2)13(16)14-11-4-6-15(7-5-11)20(3,17)18/h8,11H,4-7H2,1-3H3,(H,14,16). The van der Waals surface area contributed by atoms with E-state index in [9.17, 15) is 13.2 Å². The maximum Gasteiger partial charge on any atom is 0.261 e. The molecule has 0 radical (unpaired) electrons. The molecule has 0 saturated carbocycles. The monoisotopic (exact) mass is 316 g/mol. The van der Waals surface area contributed by atoms with Gasteiger partial charge in [-0.25, -0.2) is 12.7 Å². The van der Waals surface area contributed by atoms with Crippen LogP contribution in [0.25, 0.3) is 0 Å². The maximum absolute atomic E-state index is 12.1. The number of hydrogen-bond donors (Lipinski definition) is 1.